The first-order chi connectivity index (χ1) is 6.27. The molecule has 1 aromatic rings. The molecule has 0 aromatic heterocycles. The van der Waals surface area contributed by atoms with Crippen molar-refractivity contribution < 1.29 is 0 Å². The summed E-state index contributed by atoms with van der Waals surface area (Å²) in [6.07, 6.45) is 0. The molecule has 0 amide bonds. The lowest BCUT2D eigenvalue weighted by molar-refractivity contribution is 0.295. The van der Waals surface area contributed by atoms with Gasteiger partial charge in [0.2, 0.25) is 0 Å². The Hall–Kier alpha value is -0.860. The van der Waals surface area contributed by atoms with Crippen LogP contribution >= 0.6 is 0 Å². The highest BCUT2D eigenvalue weighted by atomic mass is 15.0. The van der Waals surface area contributed by atoms with Gasteiger partial charge < -0.3 is 11.1 Å². The number of aryl methyl sites for hydroxylation is 1. The lowest BCUT2D eigenvalue weighted by Gasteiger charge is -2.32. The van der Waals surface area contributed by atoms with Gasteiger partial charge in [-0.3, -0.25) is 0 Å². The zero-order valence-corrected chi connectivity index (χ0v) is 7.96. The van der Waals surface area contributed by atoms with Gasteiger partial charge in [-0.15, -0.1) is 0 Å². The van der Waals surface area contributed by atoms with E-state index in [4.69, 9.17) is 5.73 Å². The molecular formula is C11H16N2. The van der Waals surface area contributed by atoms with Gasteiger partial charge in [-0.25, -0.2) is 0 Å². The van der Waals surface area contributed by atoms with Crippen molar-refractivity contribution in [2.75, 3.05) is 13.1 Å². The Balaban J connectivity index is 2.14. The second-order valence-electron chi connectivity index (χ2n) is 3.86. The number of hydrogen-bond acceptors (Lipinski definition) is 2. The van der Waals surface area contributed by atoms with Crippen LogP contribution in [0.3, 0.4) is 0 Å². The van der Waals surface area contributed by atoms with E-state index in [1.807, 2.05) is 0 Å². The summed E-state index contributed by atoms with van der Waals surface area (Å²) in [5.74, 6) is 0.627. The minimum Gasteiger partial charge on any atom is -0.324 e. The second-order valence-corrected chi connectivity index (χ2v) is 3.86. The number of hydrogen-bond donors (Lipinski definition) is 2. The highest BCUT2D eigenvalue weighted by molar-refractivity contribution is 5.25. The number of nitrogens with one attached hydrogen (secondary N) is 1. The fraction of sp³-hybridized carbons (Fsp3) is 0.455. The van der Waals surface area contributed by atoms with E-state index in [0.717, 1.165) is 13.1 Å². The summed E-state index contributed by atoms with van der Waals surface area (Å²) in [6, 6.07) is 8.70. The maximum absolute atomic E-state index is 6.13. The SMILES string of the molecule is Cc1cccc(C(N)C2CNC2)c1. The lowest BCUT2D eigenvalue weighted by atomic mass is 9.89. The Morgan fingerprint density at radius 3 is 2.77 bits per heavy atom. The van der Waals surface area contributed by atoms with Gasteiger partial charge >= 0.3 is 0 Å². The van der Waals surface area contributed by atoms with Gasteiger partial charge in [-0.2, -0.15) is 0 Å². The van der Waals surface area contributed by atoms with Crippen molar-refractivity contribution in [1.82, 2.24) is 5.32 Å². The third-order valence-corrected chi connectivity index (χ3v) is 2.75. The minimum atomic E-state index is 0.209. The molecule has 0 aliphatic carbocycles. The first-order valence-electron chi connectivity index (χ1n) is 4.80. The van der Waals surface area contributed by atoms with E-state index in [9.17, 15) is 0 Å². The molecule has 1 heterocycles. The van der Waals surface area contributed by atoms with E-state index in [1.165, 1.54) is 11.1 Å². The van der Waals surface area contributed by atoms with Gasteiger partial charge in [0.1, 0.15) is 0 Å². The maximum atomic E-state index is 6.13. The van der Waals surface area contributed by atoms with Gasteiger partial charge in [0.05, 0.1) is 0 Å². The molecule has 1 aromatic carbocycles. The molecular weight excluding hydrogens is 160 g/mol. The fourth-order valence-corrected chi connectivity index (χ4v) is 1.71. The van der Waals surface area contributed by atoms with Crippen LogP contribution in [-0.4, -0.2) is 13.1 Å². The van der Waals surface area contributed by atoms with E-state index >= 15 is 0 Å². The molecule has 1 unspecified atom stereocenters. The zero-order chi connectivity index (χ0) is 9.26. The van der Waals surface area contributed by atoms with Crippen molar-refractivity contribution in [3.63, 3.8) is 0 Å². The van der Waals surface area contributed by atoms with Crippen molar-refractivity contribution in [3.05, 3.63) is 35.4 Å². The number of rotatable bonds is 2. The minimum absolute atomic E-state index is 0.209. The Morgan fingerprint density at radius 1 is 1.46 bits per heavy atom. The summed E-state index contributed by atoms with van der Waals surface area (Å²) < 4.78 is 0. The molecule has 13 heavy (non-hydrogen) atoms. The Morgan fingerprint density at radius 2 is 2.23 bits per heavy atom. The summed E-state index contributed by atoms with van der Waals surface area (Å²) in [4.78, 5) is 0. The summed E-state index contributed by atoms with van der Waals surface area (Å²) in [5.41, 5.74) is 8.69. The molecule has 0 bridgehead atoms. The van der Waals surface area contributed by atoms with Crippen molar-refractivity contribution in [1.29, 1.82) is 0 Å². The standard InChI is InChI=1S/C11H16N2/c1-8-3-2-4-9(5-8)11(12)10-6-13-7-10/h2-5,10-11,13H,6-7,12H2,1H3. The molecule has 3 N–H and O–H groups in total. The Labute approximate surface area is 79.1 Å². The van der Waals surface area contributed by atoms with Crippen LogP contribution in [-0.2, 0) is 0 Å². The third-order valence-electron chi connectivity index (χ3n) is 2.75. The molecule has 0 saturated carbocycles. The number of benzene rings is 1. The molecule has 0 spiro atoms. The molecule has 2 nitrogen and oxygen atoms in total. The molecule has 1 aliphatic rings. The molecule has 0 radical (unpaired) electrons. The van der Waals surface area contributed by atoms with E-state index < -0.39 is 0 Å². The third kappa shape index (κ3) is 1.74. The van der Waals surface area contributed by atoms with E-state index in [1.54, 1.807) is 0 Å². The first kappa shape index (κ1) is 8.73. The lowest BCUT2D eigenvalue weighted by Crippen LogP contribution is -2.47. The summed E-state index contributed by atoms with van der Waals surface area (Å²) >= 11 is 0. The average molecular weight is 176 g/mol. The average Bonchev–Trinajstić information content (AvgIpc) is 2.01. The largest absolute Gasteiger partial charge is 0.324 e. The molecule has 2 rings (SSSR count). The van der Waals surface area contributed by atoms with Gasteiger partial charge in [0.15, 0.2) is 0 Å². The summed E-state index contributed by atoms with van der Waals surface area (Å²) in [7, 11) is 0. The van der Waals surface area contributed by atoms with Crippen LogP contribution in [0.25, 0.3) is 0 Å². The van der Waals surface area contributed by atoms with Gasteiger partial charge in [0, 0.05) is 25.0 Å². The summed E-state index contributed by atoms with van der Waals surface area (Å²) in [5, 5.41) is 3.25. The topological polar surface area (TPSA) is 38.0 Å². The van der Waals surface area contributed by atoms with Crippen molar-refractivity contribution in [2.45, 2.75) is 13.0 Å². The number of nitrogens with two attached hydrogens (primary N) is 1. The molecule has 1 fully saturated rings. The van der Waals surface area contributed by atoms with Crippen LogP contribution in [0.15, 0.2) is 24.3 Å². The second kappa shape index (κ2) is 3.48. The molecule has 1 saturated heterocycles. The van der Waals surface area contributed by atoms with E-state index in [0.29, 0.717) is 5.92 Å². The van der Waals surface area contributed by atoms with Gasteiger partial charge in [0.25, 0.3) is 0 Å². The van der Waals surface area contributed by atoms with Gasteiger partial charge in [-0.05, 0) is 12.5 Å². The molecule has 2 heteroatoms. The molecule has 70 valence electrons. The fourth-order valence-electron chi connectivity index (χ4n) is 1.71. The van der Waals surface area contributed by atoms with Crippen molar-refractivity contribution in [3.8, 4) is 0 Å². The van der Waals surface area contributed by atoms with Crippen molar-refractivity contribution in [2.24, 2.45) is 11.7 Å². The highest BCUT2D eigenvalue weighted by Gasteiger charge is 2.24. The molecule has 1 atom stereocenters. The van der Waals surface area contributed by atoms with Crippen molar-refractivity contribution >= 4 is 0 Å². The monoisotopic (exact) mass is 176 g/mol. The Bertz CT molecular complexity index is 292. The smallest absolute Gasteiger partial charge is 0.0348 e. The predicted molar refractivity (Wildman–Crippen MR) is 54.5 cm³/mol. The maximum Gasteiger partial charge on any atom is 0.0348 e. The van der Waals surface area contributed by atoms with E-state index in [2.05, 4.69) is 36.5 Å². The molecule has 1 aliphatic heterocycles. The highest BCUT2D eigenvalue weighted by Crippen LogP contribution is 2.22. The van der Waals surface area contributed by atoms with Crippen LogP contribution in [0.4, 0.5) is 0 Å². The Kier molecular flexibility index (Phi) is 2.34. The zero-order valence-electron chi connectivity index (χ0n) is 7.96. The quantitative estimate of drug-likeness (QED) is 0.711. The van der Waals surface area contributed by atoms with Gasteiger partial charge in [-0.1, -0.05) is 29.8 Å². The van der Waals surface area contributed by atoms with Crippen LogP contribution in [0.5, 0.6) is 0 Å². The first-order valence-corrected chi connectivity index (χ1v) is 4.80. The van der Waals surface area contributed by atoms with E-state index in [-0.39, 0.29) is 6.04 Å². The summed E-state index contributed by atoms with van der Waals surface area (Å²) in [6.45, 7) is 4.24. The van der Waals surface area contributed by atoms with Crippen LogP contribution in [0.1, 0.15) is 17.2 Å². The van der Waals surface area contributed by atoms with Crippen LogP contribution in [0, 0.1) is 12.8 Å². The normalized spacial score (nSPS) is 19.5. The van der Waals surface area contributed by atoms with Crippen LogP contribution in [0.2, 0.25) is 0 Å². The predicted octanol–water partition coefficient (Wildman–Crippen LogP) is 1.21. The van der Waals surface area contributed by atoms with Crippen LogP contribution < -0.4 is 11.1 Å².